The van der Waals surface area contributed by atoms with Crippen LogP contribution in [0, 0.1) is 0 Å². The van der Waals surface area contributed by atoms with Gasteiger partial charge in [0.05, 0.1) is 13.0 Å². The molecule has 14 heavy (non-hydrogen) atoms. The zero-order chi connectivity index (χ0) is 10.6. The minimum absolute atomic E-state index is 0.128. The molecule has 0 aromatic rings. The summed E-state index contributed by atoms with van der Waals surface area (Å²) in [6.07, 6.45) is 1.60. The molecule has 1 rings (SSSR count). The molecule has 1 atom stereocenters. The smallest absolute Gasteiger partial charge is 0.326 e. The summed E-state index contributed by atoms with van der Waals surface area (Å²) in [5, 5.41) is 8.83. The number of hydrogen-bond donors (Lipinski definition) is 1. The zero-order valence-electron chi connectivity index (χ0n) is 8.23. The number of carboxylic acids is 1. The van der Waals surface area contributed by atoms with Gasteiger partial charge in [-0.2, -0.15) is 0 Å². The van der Waals surface area contributed by atoms with E-state index in [1.165, 1.54) is 12.0 Å². The van der Waals surface area contributed by atoms with Crippen molar-refractivity contribution in [3.05, 3.63) is 0 Å². The van der Waals surface area contributed by atoms with Crippen molar-refractivity contribution in [3.8, 4) is 0 Å². The molecule has 1 aliphatic rings. The molecule has 1 heterocycles. The first-order valence-corrected chi connectivity index (χ1v) is 4.68. The number of aliphatic carboxylic acids is 1. The van der Waals surface area contributed by atoms with E-state index in [2.05, 4.69) is 0 Å². The molecule has 1 fully saturated rings. The average Bonchev–Trinajstić information content (AvgIpc) is 2.62. The lowest BCUT2D eigenvalue weighted by molar-refractivity contribution is -0.148. The maximum absolute atomic E-state index is 11.5. The lowest BCUT2D eigenvalue weighted by Crippen LogP contribution is -2.40. The second-order valence-electron chi connectivity index (χ2n) is 3.33. The number of amides is 1. The Bertz CT molecular complexity index is 229. The second-order valence-corrected chi connectivity index (χ2v) is 3.33. The van der Waals surface area contributed by atoms with E-state index in [9.17, 15) is 9.59 Å². The third-order valence-electron chi connectivity index (χ3n) is 2.38. The van der Waals surface area contributed by atoms with E-state index in [-0.39, 0.29) is 12.3 Å². The summed E-state index contributed by atoms with van der Waals surface area (Å²) in [4.78, 5) is 23.7. The van der Waals surface area contributed by atoms with Gasteiger partial charge < -0.3 is 14.7 Å². The summed E-state index contributed by atoms with van der Waals surface area (Å²) >= 11 is 0. The van der Waals surface area contributed by atoms with E-state index < -0.39 is 12.0 Å². The predicted octanol–water partition coefficient (Wildman–Crippen LogP) is 0.0985. The lowest BCUT2D eigenvalue weighted by Gasteiger charge is -2.21. The molecule has 0 spiro atoms. The maximum Gasteiger partial charge on any atom is 0.326 e. The minimum Gasteiger partial charge on any atom is -0.480 e. The number of ether oxygens (including phenoxy) is 1. The second kappa shape index (κ2) is 4.95. The summed E-state index contributed by atoms with van der Waals surface area (Å²) in [5.74, 6) is -1.04. The van der Waals surface area contributed by atoms with Gasteiger partial charge in [-0.1, -0.05) is 0 Å². The Labute approximate surface area is 82.6 Å². The fourth-order valence-electron chi connectivity index (χ4n) is 1.65. The van der Waals surface area contributed by atoms with Crippen molar-refractivity contribution in [3.63, 3.8) is 0 Å². The molecular formula is C9H15NO4. The van der Waals surface area contributed by atoms with Crippen molar-refractivity contribution in [2.45, 2.75) is 25.3 Å². The molecule has 0 aliphatic carbocycles. The Morgan fingerprint density at radius 3 is 2.86 bits per heavy atom. The van der Waals surface area contributed by atoms with E-state index in [0.717, 1.165) is 6.42 Å². The van der Waals surface area contributed by atoms with Crippen LogP contribution in [0.15, 0.2) is 0 Å². The number of hydrogen-bond acceptors (Lipinski definition) is 3. The number of carbonyl (C=O) groups is 2. The molecular weight excluding hydrogens is 186 g/mol. The summed E-state index contributed by atoms with van der Waals surface area (Å²) < 4.78 is 4.77. The molecule has 1 N–H and O–H groups in total. The SMILES string of the molecule is COCCC(=O)N1CCC[C@H]1C(=O)O. The molecule has 1 amide bonds. The van der Waals surface area contributed by atoms with Crippen molar-refractivity contribution in [1.82, 2.24) is 4.90 Å². The van der Waals surface area contributed by atoms with Gasteiger partial charge in [-0.25, -0.2) is 4.79 Å². The van der Waals surface area contributed by atoms with Crippen LogP contribution in [0.4, 0.5) is 0 Å². The molecule has 0 radical (unpaired) electrons. The Hall–Kier alpha value is -1.10. The van der Waals surface area contributed by atoms with Crippen molar-refractivity contribution in [2.75, 3.05) is 20.3 Å². The van der Waals surface area contributed by atoms with Gasteiger partial charge >= 0.3 is 5.97 Å². The van der Waals surface area contributed by atoms with Gasteiger partial charge in [0.25, 0.3) is 0 Å². The summed E-state index contributed by atoms with van der Waals surface area (Å²) in [6, 6.07) is -0.626. The van der Waals surface area contributed by atoms with Crippen LogP contribution in [-0.2, 0) is 14.3 Å². The molecule has 1 saturated heterocycles. The van der Waals surface area contributed by atoms with Crippen molar-refractivity contribution in [1.29, 1.82) is 0 Å². The number of methoxy groups -OCH3 is 1. The van der Waals surface area contributed by atoms with Crippen molar-refractivity contribution < 1.29 is 19.4 Å². The monoisotopic (exact) mass is 201 g/mol. The highest BCUT2D eigenvalue weighted by molar-refractivity contribution is 5.84. The molecule has 5 heteroatoms. The van der Waals surface area contributed by atoms with E-state index >= 15 is 0 Å². The highest BCUT2D eigenvalue weighted by Crippen LogP contribution is 2.18. The van der Waals surface area contributed by atoms with Crippen LogP contribution in [0.2, 0.25) is 0 Å². The number of carbonyl (C=O) groups excluding carboxylic acids is 1. The van der Waals surface area contributed by atoms with Crippen LogP contribution in [0.5, 0.6) is 0 Å². The summed E-state index contributed by atoms with van der Waals surface area (Å²) in [6.45, 7) is 0.904. The first kappa shape index (κ1) is 11.0. The first-order chi connectivity index (χ1) is 6.66. The van der Waals surface area contributed by atoms with E-state index in [1.54, 1.807) is 0 Å². The standard InChI is InChI=1S/C9H15NO4/c1-14-6-4-8(11)10-5-2-3-7(10)9(12)13/h7H,2-6H2,1H3,(H,12,13)/t7-/m0/s1. The molecule has 0 unspecified atom stereocenters. The first-order valence-electron chi connectivity index (χ1n) is 4.68. The van der Waals surface area contributed by atoms with Crippen LogP contribution in [0.3, 0.4) is 0 Å². The maximum atomic E-state index is 11.5. The molecule has 5 nitrogen and oxygen atoms in total. The minimum atomic E-state index is -0.909. The van der Waals surface area contributed by atoms with Gasteiger partial charge in [0.15, 0.2) is 0 Å². The summed E-state index contributed by atoms with van der Waals surface area (Å²) in [7, 11) is 1.52. The number of nitrogens with zero attached hydrogens (tertiary/aromatic N) is 1. The third-order valence-corrected chi connectivity index (χ3v) is 2.38. The fraction of sp³-hybridized carbons (Fsp3) is 0.778. The highest BCUT2D eigenvalue weighted by Gasteiger charge is 2.33. The Morgan fingerprint density at radius 2 is 2.29 bits per heavy atom. The predicted molar refractivity (Wildman–Crippen MR) is 48.9 cm³/mol. The van der Waals surface area contributed by atoms with Crippen LogP contribution >= 0.6 is 0 Å². The van der Waals surface area contributed by atoms with E-state index in [0.29, 0.717) is 19.6 Å². The molecule has 80 valence electrons. The largest absolute Gasteiger partial charge is 0.480 e. The Morgan fingerprint density at radius 1 is 1.57 bits per heavy atom. The Balaban J connectivity index is 2.49. The van der Waals surface area contributed by atoms with Gasteiger partial charge in [0.2, 0.25) is 5.91 Å². The topological polar surface area (TPSA) is 66.8 Å². The zero-order valence-corrected chi connectivity index (χ0v) is 8.23. The van der Waals surface area contributed by atoms with E-state index in [1.807, 2.05) is 0 Å². The normalized spacial score (nSPS) is 21.2. The number of likely N-dealkylation sites (tertiary alicyclic amines) is 1. The van der Waals surface area contributed by atoms with Crippen molar-refractivity contribution in [2.24, 2.45) is 0 Å². The van der Waals surface area contributed by atoms with Crippen molar-refractivity contribution >= 4 is 11.9 Å². The highest BCUT2D eigenvalue weighted by atomic mass is 16.5. The Kier molecular flexibility index (Phi) is 3.88. The van der Waals surface area contributed by atoms with Gasteiger partial charge in [-0.3, -0.25) is 4.79 Å². The van der Waals surface area contributed by atoms with Gasteiger partial charge in [-0.05, 0) is 12.8 Å². The molecule has 0 saturated carbocycles. The number of carboxylic acid groups (broad SMARTS) is 1. The average molecular weight is 201 g/mol. The third kappa shape index (κ3) is 2.45. The molecule has 0 bridgehead atoms. The van der Waals surface area contributed by atoms with Gasteiger partial charge in [0, 0.05) is 13.7 Å². The van der Waals surface area contributed by atoms with Crippen LogP contribution in [0.1, 0.15) is 19.3 Å². The van der Waals surface area contributed by atoms with Crippen LogP contribution in [0.25, 0.3) is 0 Å². The van der Waals surface area contributed by atoms with Crippen LogP contribution < -0.4 is 0 Å². The lowest BCUT2D eigenvalue weighted by atomic mass is 10.2. The van der Waals surface area contributed by atoms with Gasteiger partial charge in [0.1, 0.15) is 6.04 Å². The molecule has 1 aliphatic heterocycles. The fourth-order valence-corrected chi connectivity index (χ4v) is 1.65. The van der Waals surface area contributed by atoms with Crippen LogP contribution in [-0.4, -0.2) is 48.2 Å². The summed E-state index contributed by atoms with van der Waals surface area (Å²) in [5.41, 5.74) is 0. The molecule has 0 aromatic carbocycles. The van der Waals surface area contributed by atoms with E-state index in [4.69, 9.17) is 9.84 Å². The number of rotatable bonds is 4. The van der Waals surface area contributed by atoms with Gasteiger partial charge in [-0.15, -0.1) is 0 Å². The quantitative estimate of drug-likeness (QED) is 0.700. The molecule has 0 aromatic heterocycles.